The quantitative estimate of drug-likeness (QED) is 0.247. The van der Waals surface area contributed by atoms with Gasteiger partial charge in [0.15, 0.2) is 0 Å². The number of quaternary nitrogens is 1. The maximum absolute atomic E-state index is 13.8. The van der Waals surface area contributed by atoms with Gasteiger partial charge in [-0.1, -0.05) is 54.6 Å². The third kappa shape index (κ3) is 4.96. The predicted octanol–water partition coefficient (Wildman–Crippen LogP) is 2.29. The Morgan fingerprint density at radius 2 is 1.56 bits per heavy atom. The summed E-state index contributed by atoms with van der Waals surface area (Å²) in [5.74, 6) is 2.03. The van der Waals surface area contributed by atoms with Crippen molar-refractivity contribution in [3.05, 3.63) is 90.0 Å². The van der Waals surface area contributed by atoms with Gasteiger partial charge in [0.1, 0.15) is 23.4 Å². The van der Waals surface area contributed by atoms with Crippen molar-refractivity contribution in [1.29, 1.82) is 0 Å². The SMILES string of the molecule is C[N+](C)(CCCOc1ccccc1)C1C2CC[C@@H]1[C@H](OC(=O)C1(O)c3ccccc3Oc3ccccc31)C2.[Br-]. The lowest BCUT2D eigenvalue weighted by Gasteiger charge is -2.39. The van der Waals surface area contributed by atoms with Crippen molar-refractivity contribution in [2.45, 2.75) is 43.4 Å². The number of para-hydroxylation sites is 3. The molecule has 39 heavy (non-hydrogen) atoms. The molecule has 2 unspecified atom stereocenters. The summed E-state index contributed by atoms with van der Waals surface area (Å²) in [7, 11) is 4.59. The van der Waals surface area contributed by atoms with Crippen molar-refractivity contribution < 1.29 is 45.6 Å². The summed E-state index contributed by atoms with van der Waals surface area (Å²) in [4.78, 5) is 13.8. The van der Waals surface area contributed by atoms with E-state index in [4.69, 9.17) is 14.2 Å². The minimum atomic E-state index is -1.90. The Kier molecular flexibility index (Phi) is 7.77. The standard InChI is InChI=1S/C32H36NO5.BrH/c1-33(2,19-10-20-36-23-11-4-3-5-12-23)30-22-17-18-24(30)29(21-22)38-31(34)32(35)25-13-6-8-15-27(25)37-28-16-9-7-14-26(28)32;/h3-9,11-16,22,24,29-30,35H,10,17-21H2,1-2H3;1H/q+1;/p-1/t22?,24-,29-,30?;/m1./s1. The third-order valence-electron chi connectivity index (χ3n) is 8.83. The lowest BCUT2D eigenvalue weighted by molar-refractivity contribution is -0.919. The van der Waals surface area contributed by atoms with Gasteiger partial charge in [-0.3, -0.25) is 0 Å². The number of halogens is 1. The van der Waals surface area contributed by atoms with E-state index in [1.165, 1.54) is 0 Å². The number of carbonyl (C=O) groups excluding carboxylic acids is 1. The molecule has 1 N–H and O–H groups in total. The zero-order valence-electron chi connectivity index (χ0n) is 22.5. The van der Waals surface area contributed by atoms with Crippen LogP contribution in [0.5, 0.6) is 17.2 Å². The van der Waals surface area contributed by atoms with Crippen LogP contribution in [-0.2, 0) is 15.1 Å². The Morgan fingerprint density at radius 3 is 2.23 bits per heavy atom. The van der Waals surface area contributed by atoms with Gasteiger partial charge in [0.05, 0.1) is 33.3 Å². The molecule has 206 valence electrons. The molecule has 2 aliphatic carbocycles. The topological polar surface area (TPSA) is 65.0 Å². The minimum absolute atomic E-state index is 0. The summed E-state index contributed by atoms with van der Waals surface area (Å²) in [5, 5.41) is 12.0. The van der Waals surface area contributed by atoms with Gasteiger partial charge in [0, 0.05) is 29.4 Å². The molecule has 0 spiro atoms. The van der Waals surface area contributed by atoms with E-state index >= 15 is 0 Å². The highest BCUT2D eigenvalue weighted by molar-refractivity contribution is 5.88. The first-order valence-corrected chi connectivity index (χ1v) is 13.7. The molecule has 7 heteroatoms. The van der Waals surface area contributed by atoms with Crippen LogP contribution in [0, 0.1) is 11.8 Å². The van der Waals surface area contributed by atoms with E-state index in [0.29, 0.717) is 41.2 Å². The second-order valence-electron chi connectivity index (χ2n) is 11.5. The molecule has 2 fully saturated rings. The van der Waals surface area contributed by atoms with E-state index in [2.05, 4.69) is 14.1 Å². The number of rotatable bonds is 8. The lowest BCUT2D eigenvalue weighted by atomic mass is 9.83. The Labute approximate surface area is 240 Å². The number of hydrogen-bond donors (Lipinski definition) is 1. The zero-order chi connectivity index (χ0) is 26.3. The van der Waals surface area contributed by atoms with Crippen LogP contribution in [0.1, 0.15) is 36.8 Å². The summed E-state index contributed by atoms with van der Waals surface area (Å²) in [6, 6.07) is 24.7. The zero-order valence-corrected chi connectivity index (χ0v) is 24.0. The highest BCUT2D eigenvalue weighted by atomic mass is 79.9. The average Bonchev–Trinajstić information content (AvgIpc) is 3.51. The van der Waals surface area contributed by atoms with E-state index in [0.717, 1.165) is 42.5 Å². The van der Waals surface area contributed by atoms with Crippen molar-refractivity contribution in [1.82, 2.24) is 0 Å². The lowest BCUT2D eigenvalue weighted by Crippen LogP contribution is -3.00. The number of nitrogens with zero attached hydrogens (tertiary/aromatic N) is 1. The third-order valence-corrected chi connectivity index (χ3v) is 8.83. The first kappa shape index (κ1) is 27.7. The molecule has 0 aromatic heterocycles. The molecular weight excluding hydrogens is 558 g/mol. The molecule has 3 aromatic carbocycles. The van der Waals surface area contributed by atoms with Gasteiger partial charge in [-0.2, -0.15) is 0 Å². The molecular formula is C32H36BrNO5. The minimum Gasteiger partial charge on any atom is -1.00 e. The van der Waals surface area contributed by atoms with Crippen LogP contribution < -0.4 is 26.5 Å². The van der Waals surface area contributed by atoms with Crippen molar-refractivity contribution in [3.63, 3.8) is 0 Å². The highest BCUT2D eigenvalue weighted by Crippen LogP contribution is 2.52. The fraction of sp³-hybridized carbons (Fsp3) is 0.406. The number of esters is 1. The summed E-state index contributed by atoms with van der Waals surface area (Å²) in [6.07, 6.45) is 3.81. The largest absolute Gasteiger partial charge is 1.00 e. The summed E-state index contributed by atoms with van der Waals surface area (Å²) in [5.41, 5.74) is -1.04. The second kappa shape index (κ2) is 11.0. The average molecular weight is 595 g/mol. The molecule has 0 amide bonds. The van der Waals surface area contributed by atoms with E-state index in [9.17, 15) is 9.90 Å². The van der Waals surface area contributed by atoms with Crippen LogP contribution in [0.4, 0.5) is 0 Å². The molecule has 6 nitrogen and oxygen atoms in total. The second-order valence-corrected chi connectivity index (χ2v) is 11.5. The summed E-state index contributed by atoms with van der Waals surface area (Å²) in [6.45, 7) is 1.67. The van der Waals surface area contributed by atoms with Gasteiger partial charge in [-0.05, 0) is 43.5 Å². The molecule has 2 bridgehead atoms. The number of ether oxygens (including phenoxy) is 3. The molecule has 3 aliphatic rings. The molecule has 1 aliphatic heterocycles. The van der Waals surface area contributed by atoms with Gasteiger partial charge in [0.2, 0.25) is 5.60 Å². The first-order valence-electron chi connectivity index (χ1n) is 13.7. The molecule has 0 radical (unpaired) electrons. The van der Waals surface area contributed by atoms with Crippen molar-refractivity contribution >= 4 is 5.97 Å². The van der Waals surface area contributed by atoms with Gasteiger partial charge >= 0.3 is 5.97 Å². The van der Waals surface area contributed by atoms with Crippen molar-refractivity contribution in [2.24, 2.45) is 11.8 Å². The number of fused-ring (bicyclic) bond motifs is 4. The molecule has 3 aromatic rings. The fourth-order valence-corrected chi connectivity index (χ4v) is 7.20. The van der Waals surface area contributed by atoms with Crippen molar-refractivity contribution in [2.75, 3.05) is 27.2 Å². The van der Waals surface area contributed by atoms with E-state index < -0.39 is 11.6 Å². The monoisotopic (exact) mass is 593 g/mol. The van der Waals surface area contributed by atoms with Crippen molar-refractivity contribution in [3.8, 4) is 17.2 Å². The summed E-state index contributed by atoms with van der Waals surface area (Å²) >= 11 is 0. The Hall–Kier alpha value is -2.87. The molecule has 1 heterocycles. The van der Waals surface area contributed by atoms with Crippen LogP contribution in [0.25, 0.3) is 0 Å². The maximum Gasteiger partial charge on any atom is 0.348 e. The van der Waals surface area contributed by atoms with Crippen LogP contribution in [0.2, 0.25) is 0 Å². The Bertz CT molecular complexity index is 1270. The van der Waals surface area contributed by atoms with Gasteiger partial charge in [0.25, 0.3) is 0 Å². The normalized spacial score (nSPS) is 24.1. The molecule has 2 saturated carbocycles. The van der Waals surface area contributed by atoms with Gasteiger partial charge in [-0.25, -0.2) is 4.79 Å². The maximum atomic E-state index is 13.8. The van der Waals surface area contributed by atoms with Crippen LogP contribution in [-0.4, -0.2) is 55.0 Å². The first-order chi connectivity index (χ1) is 18.4. The molecule has 4 atom stereocenters. The highest BCUT2D eigenvalue weighted by Gasteiger charge is 2.58. The smallest absolute Gasteiger partial charge is 0.348 e. The number of carbonyl (C=O) groups is 1. The number of hydrogen-bond acceptors (Lipinski definition) is 5. The van der Waals surface area contributed by atoms with Gasteiger partial charge < -0.3 is 40.8 Å². The van der Waals surface area contributed by atoms with E-state index in [1.807, 2.05) is 54.6 Å². The Balaban J connectivity index is 0.00000308. The van der Waals surface area contributed by atoms with Crippen LogP contribution in [0.3, 0.4) is 0 Å². The summed E-state index contributed by atoms with van der Waals surface area (Å²) < 4.78 is 19.0. The number of aliphatic hydroxyl groups is 1. The fourth-order valence-electron chi connectivity index (χ4n) is 7.20. The molecule has 0 saturated heterocycles. The Morgan fingerprint density at radius 1 is 0.949 bits per heavy atom. The van der Waals surface area contributed by atoms with E-state index in [-0.39, 0.29) is 29.0 Å². The predicted molar refractivity (Wildman–Crippen MR) is 144 cm³/mol. The number of benzene rings is 3. The van der Waals surface area contributed by atoms with Crippen LogP contribution in [0.15, 0.2) is 78.9 Å². The van der Waals surface area contributed by atoms with Crippen LogP contribution >= 0.6 is 0 Å². The molecule has 6 rings (SSSR count). The van der Waals surface area contributed by atoms with E-state index in [1.54, 1.807) is 24.3 Å². The van der Waals surface area contributed by atoms with Gasteiger partial charge in [-0.15, -0.1) is 0 Å².